The Morgan fingerprint density at radius 1 is 1.30 bits per heavy atom. The number of hydrogen-bond acceptors (Lipinski definition) is 5. The van der Waals surface area contributed by atoms with Crippen LogP contribution in [0.3, 0.4) is 0 Å². The van der Waals surface area contributed by atoms with E-state index in [1.54, 1.807) is 6.07 Å². The number of piperazine rings is 1. The van der Waals surface area contributed by atoms with E-state index in [4.69, 9.17) is 4.74 Å². The zero-order chi connectivity index (χ0) is 18.7. The lowest BCUT2D eigenvalue weighted by molar-refractivity contribution is -0.183. The quantitative estimate of drug-likeness (QED) is 0.692. The molecule has 3 N–H and O–H groups in total. The normalized spacial score (nSPS) is 18.4. The number of para-hydroxylation sites is 1. The fourth-order valence-electron chi connectivity index (χ4n) is 3.02. The van der Waals surface area contributed by atoms with Crippen LogP contribution in [0.5, 0.6) is 5.75 Å². The van der Waals surface area contributed by atoms with Crippen molar-refractivity contribution >= 4 is 29.9 Å². The van der Waals surface area contributed by atoms with Crippen LogP contribution < -0.4 is 20.7 Å². The molecule has 1 aromatic rings. The highest BCUT2D eigenvalue weighted by atomic mass is 35.5. The molecular weight excluding hydrogens is 389 g/mol. The lowest BCUT2D eigenvalue weighted by Gasteiger charge is -2.36. The molecule has 7 nitrogen and oxygen atoms in total. The Bertz CT molecular complexity index is 696. The number of fused-ring (bicyclic) bond motifs is 1. The standard InChI is InChI=1S/C16H19F3N4O3.ClH/c17-16(18,19)12(23-6-4-20-5-7-23)8-21-15(25)10-2-1-3-11-14(10)26-9-13(24)22-11;/h1-3,12,20H,4-9H2,(H,21,25)(H,22,24);1H. The van der Waals surface area contributed by atoms with Gasteiger partial charge in [-0.25, -0.2) is 0 Å². The highest BCUT2D eigenvalue weighted by molar-refractivity contribution is 6.03. The molecule has 2 amide bonds. The third-order valence-electron chi connectivity index (χ3n) is 4.31. The summed E-state index contributed by atoms with van der Waals surface area (Å²) < 4.78 is 45.4. The molecule has 1 unspecified atom stereocenters. The van der Waals surface area contributed by atoms with Crippen molar-refractivity contribution < 1.29 is 27.5 Å². The number of anilines is 1. The molecule has 0 aromatic heterocycles. The van der Waals surface area contributed by atoms with Crippen LogP contribution in [0.4, 0.5) is 18.9 Å². The molecule has 0 bridgehead atoms. The van der Waals surface area contributed by atoms with E-state index in [0.717, 1.165) is 0 Å². The molecule has 3 rings (SSSR count). The number of halogens is 4. The van der Waals surface area contributed by atoms with E-state index >= 15 is 0 Å². The van der Waals surface area contributed by atoms with Crippen LogP contribution in [0.15, 0.2) is 18.2 Å². The van der Waals surface area contributed by atoms with Gasteiger partial charge < -0.3 is 20.7 Å². The van der Waals surface area contributed by atoms with E-state index in [9.17, 15) is 22.8 Å². The first-order valence-corrected chi connectivity index (χ1v) is 8.21. The molecule has 1 fully saturated rings. The summed E-state index contributed by atoms with van der Waals surface area (Å²) in [4.78, 5) is 25.1. The molecule has 2 aliphatic rings. The maximum Gasteiger partial charge on any atom is 0.405 e. The number of hydrogen-bond donors (Lipinski definition) is 3. The summed E-state index contributed by atoms with van der Waals surface area (Å²) in [5.41, 5.74) is 0.409. The first-order valence-electron chi connectivity index (χ1n) is 8.21. The Labute approximate surface area is 160 Å². The van der Waals surface area contributed by atoms with Gasteiger partial charge in [0.15, 0.2) is 12.4 Å². The highest BCUT2D eigenvalue weighted by Crippen LogP contribution is 2.31. The molecule has 0 spiro atoms. The van der Waals surface area contributed by atoms with Crippen LogP contribution in [0, 0.1) is 0 Å². The van der Waals surface area contributed by atoms with Gasteiger partial charge in [0.25, 0.3) is 11.8 Å². The van der Waals surface area contributed by atoms with Gasteiger partial charge in [0.2, 0.25) is 0 Å². The predicted molar refractivity (Wildman–Crippen MR) is 94.4 cm³/mol. The number of nitrogens with zero attached hydrogens (tertiary/aromatic N) is 1. The Balaban J connectivity index is 0.00000261. The van der Waals surface area contributed by atoms with E-state index in [0.29, 0.717) is 18.8 Å². The fraction of sp³-hybridized carbons (Fsp3) is 0.500. The molecule has 0 saturated carbocycles. The van der Waals surface area contributed by atoms with Gasteiger partial charge >= 0.3 is 6.18 Å². The summed E-state index contributed by atoms with van der Waals surface area (Å²) in [7, 11) is 0. The van der Waals surface area contributed by atoms with E-state index in [-0.39, 0.29) is 49.3 Å². The molecule has 2 aliphatic heterocycles. The van der Waals surface area contributed by atoms with Gasteiger partial charge in [0.1, 0.15) is 6.04 Å². The summed E-state index contributed by atoms with van der Waals surface area (Å²) in [6.45, 7) is 0.661. The van der Waals surface area contributed by atoms with Crippen LogP contribution in [0.2, 0.25) is 0 Å². The second-order valence-corrected chi connectivity index (χ2v) is 6.07. The Morgan fingerprint density at radius 3 is 2.67 bits per heavy atom. The molecule has 0 aliphatic carbocycles. The number of carbonyl (C=O) groups excluding carboxylic acids is 2. The summed E-state index contributed by atoms with van der Waals surface area (Å²) >= 11 is 0. The molecule has 27 heavy (non-hydrogen) atoms. The van der Waals surface area contributed by atoms with Gasteiger partial charge in [-0.05, 0) is 12.1 Å². The minimum atomic E-state index is -4.45. The SMILES string of the molecule is Cl.O=C1COc2c(cccc2C(=O)NCC(N2CCNCC2)C(F)(F)F)N1. The number of alkyl halides is 3. The van der Waals surface area contributed by atoms with Gasteiger partial charge in [-0.3, -0.25) is 14.5 Å². The monoisotopic (exact) mass is 408 g/mol. The number of carbonyl (C=O) groups is 2. The molecule has 1 atom stereocenters. The Morgan fingerprint density at radius 2 is 2.00 bits per heavy atom. The van der Waals surface area contributed by atoms with Crippen molar-refractivity contribution in [1.29, 1.82) is 0 Å². The molecule has 1 aromatic carbocycles. The summed E-state index contributed by atoms with van der Waals surface area (Å²) in [5, 5.41) is 7.91. The smallest absolute Gasteiger partial charge is 0.405 e. The van der Waals surface area contributed by atoms with Gasteiger partial charge in [0, 0.05) is 32.7 Å². The molecule has 150 valence electrons. The minimum Gasteiger partial charge on any atom is -0.481 e. The Hall–Kier alpha value is -2.04. The molecule has 11 heteroatoms. The Kier molecular flexibility index (Phi) is 6.90. The van der Waals surface area contributed by atoms with Gasteiger partial charge in [-0.2, -0.15) is 13.2 Å². The summed E-state index contributed by atoms with van der Waals surface area (Å²) in [6.07, 6.45) is -4.45. The lowest BCUT2D eigenvalue weighted by atomic mass is 10.1. The van der Waals surface area contributed by atoms with Crippen LogP contribution in [-0.4, -0.2) is 68.3 Å². The second-order valence-electron chi connectivity index (χ2n) is 6.07. The maximum absolute atomic E-state index is 13.4. The first kappa shape index (κ1) is 21.3. The summed E-state index contributed by atoms with van der Waals surface area (Å²) in [5.74, 6) is -0.872. The van der Waals surface area contributed by atoms with Crippen molar-refractivity contribution in [3.63, 3.8) is 0 Å². The number of rotatable bonds is 4. The van der Waals surface area contributed by atoms with Crippen LogP contribution in [0.1, 0.15) is 10.4 Å². The fourth-order valence-corrected chi connectivity index (χ4v) is 3.02. The van der Waals surface area contributed by atoms with Crippen molar-refractivity contribution in [2.45, 2.75) is 12.2 Å². The average Bonchev–Trinajstić information content (AvgIpc) is 2.60. The van der Waals surface area contributed by atoms with Gasteiger partial charge in [0.05, 0.1) is 11.3 Å². The van der Waals surface area contributed by atoms with E-state index in [1.807, 2.05) is 0 Å². The van der Waals surface area contributed by atoms with Gasteiger partial charge in [-0.1, -0.05) is 6.07 Å². The number of nitrogens with one attached hydrogen (secondary N) is 3. The first-order chi connectivity index (χ1) is 12.4. The second kappa shape index (κ2) is 8.77. The van der Waals surface area contributed by atoms with Crippen molar-refractivity contribution in [2.24, 2.45) is 0 Å². The zero-order valence-corrected chi connectivity index (χ0v) is 15.1. The molecule has 0 radical (unpaired) electrons. The van der Waals surface area contributed by atoms with Gasteiger partial charge in [-0.15, -0.1) is 12.4 Å². The topological polar surface area (TPSA) is 82.7 Å². The predicted octanol–water partition coefficient (Wildman–Crippen LogP) is 1.01. The van der Waals surface area contributed by atoms with E-state index in [2.05, 4.69) is 16.0 Å². The van der Waals surface area contributed by atoms with Crippen LogP contribution in [0.25, 0.3) is 0 Å². The van der Waals surface area contributed by atoms with E-state index < -0.39 is 24.7 Å². The number of amides is 2. The minimum absolute atomic E-state index is 0. The maximum atomic E-state index is 13.4. The number of ether oxygens (including phenoxy) is 1. The lowest BCUT2D eigenvalue weighted by Crippen LogP contribution is -2.57. The van der Waals surface area contributed by atoms with Crippen LogP contribution in [-0.2, 0) is 4.79 Å². The van der Waals surface area contributed by atoms with Crippen molar-refractivity contribution in [3.05, 3.63) is 23.8 Å². The van der Waals surface area contributed by atoms with Crippen molar-refractivity contribution in [2.75, 3.05) is 44.6 Å². The third kappa shape index (κ3) is 5.02. The number of benzene rings is 1. The zero-order valence-electron chi connectivity index (χ0n) is 14.3. The van der Waals surface area contributed by atoms with Crippen molar-refractivity contribution in [1.82, 2.24) is 15.5 Å². The summed E-state index contributed by atoms with van der Waals surface area (Å²) in [6, 6.07) is 2.77. The average molecular weight is 409 g/mol. The van der Waals surface area contributed by atoms with Crippen LogP contribution >= 0.6 is 12.4 Å². The largest absolute Gasteiger partial charge is 0.481 e. The molecular formula is C16H20ClF3N4O3. The molecule has 2 heterocycles. The van der Waals surface area contributed by atoms with E-state index in [1.165, 1.54) is 17.0 Å². The third-order valence-corrected chi connectivity index (χ3v) is 4.31. The van der Waals surface area contributed by atoms with Crippen molar-refractivity contribution in [3.8, 4) is 5.75 Å². The highest BCUT2D eigenvalue weighted by Gasteiger charge is 2.44. The molecule has 1 saturated heterocycles.